The van der Waals surface area contributed by atoms with Gasteiger partial charge in [-0.2, -0.15) is 0 Å². The monoisotopic (exact) mass is 325 g/mol. The van der Waals surface area contributed by atoms with Gasteiger partial charge in [-0.3, -0.25) is 4.79 Å². The normalized spacial score (nSPS) is 11.4. The Hall–Kier alpha value is -1.21. The van der Waals surface area contributed by atoms with Gasteiger partial charge in [0.1, 0.15) is 16.3 Å². The van der Waals surface area contributed by atoms with Crippen molar-refractivity contribution in [2.24, 2.45) is 0 Å². The second kappa shape index (κ2) is 6.99. The van der Waals surface area contributed by atoms with Gasteiger partial charge in [-0.25, -0.2) is 17.2 Å². The number of nitrogens with one attached hydrogen (secondary N) is 1. The third-order valence-corrected chi connectivity index (χ3v) is 3.95. The summed E-state index contributed by atoms with van der Waals surface area (Å²) in [6, 6.07) is 1.38. The molecular weight excluding hydrogens is 312 g/mol. The fourth-order valence-electron chi connectivity index (χ4n) is 1.60. The highest BCUT2D eigenvalue weighted by atomic mass is 35.7. The molecule has 0 saturated carbocycles. The molecule has 0 aliphatic heterocycles. The average Bonchev–Trinajstić information content (AvgIpc) is 2.33. The Kier molecular flexibility index (Phi) is 5.88. The van der Waals surface area contributed by atoms with Crippen molar-refractivity contribution in [3.05, 3.63) is 29.3 Å². The van der Waals surface area contributed by atoms with Crippen molar-refractivity contribution in [3.63, 3.8) is 0 Å². The van der Waals surface area contributed by atoms with E-state index in [2.05, 4.69) is 5.32 Å². The quantitative estimate of drug-likeness (QED) is 0.646. The molecule has 0 radical (unpaired) electrons. The van der Waals surface area contributed by atoms with Gasteiger partial charge in [0, 0.05) is 17.2 Å². The molecule has 1 rings (SSSR count). The Labute approximate surface area is 120 Å². The third-order valence-electron chi connectivity index (χ3n) is 2.61. The molecule has 4 nitrogen and oxygen atoms in total. The highest BCUT2D eigenvalue weighted by molar-refractivity contribution is 8.13. The van der Waals surface area contributed by atoms with E-state index >= 15 is 0 Å². The van der Waals surface area contributed by atoms with E-state index in [-0.39, 0.29) is 6.54 Å². The number of carbonyl (C=O) groups excluding carboxylic acids is 1. The van der Waals surface area contributed by atoms with Crippen molar-refractivity contribution in [1.82, 2.24) is 5.32 Å². The van der Waals surface area contributed by atoms with Crippen molar-refractivity contribution in [2.45, 2.75) is 31.1 Å². The number of benzene rings is 1. The van der Waals surface area contributed by atoms with Crippen LogP contribution in [-0.4, -0.2) is 20.9 Å². The van der Waals surface area contributed by atoms with Crippen LogP contribution in [0, 0.1) is 11.6 Å². The van der Waals surface area contributed by atoms with Gasteiger partial charge < -0.3 is 5.32 Å². The molecule has 0 spiro atoms. The smallest absolute Gasteiger partial charge is 0.264 e. The average molecular weight is 326 g/mol. The summed E-state index contributed by atoms with van der Waals surface area (Å²) in [5.41, 5.74) is -0.941. The van der Waals surface area contributed by atoms with Gasteiger partial charge in [0.25, 0.3) is 15.0 Å². The first kappa shape index (κ1) is 16.8. The van der Waals surface area contributed by atoms with Crippen LogP contribution in [-0.2, 0) is 9.05 Å². The van der Waals surface area contributed by atoms with E-state index in [1.54, 1.807) is 0 Å². The van der Waals surface area contributed by atoms with E-state index in [1.807, 2.05) is 6.92 Å². The molecule has 0 heterocycles. The van der Waals surface area contributed by atoms with Crippen molar-refractivity contribution in [2.75, 3.05) is 6.54 Å². The maximum atomic E-state index is 13.9. The van der Waals surface area contributed by atoms with Crippen LogP contribution in [0.4, 0.5) is 8.78 Å². The van der Waals surface area contributed by atoms with Gasteiger partial charge in [0.2, 0.25) is 0 Å². The summed E-state index contributed by atoms with van der Waals surface area (Å²) in [7, 11) is 0.632. The number of halogens is 3. The van der Waals surface area contributed by atoms with Crippen molar-refractivity contribution >= 4 is 25.6 Å². The number of rotatable bonds is 6. The van der Waals surface area contributed by atoms with Crippen LogP contribution in [0.25, 0.3) is 0 Å². The number of unbranched alkanes of at least 4 members (excludes halogenated alkanes) is 2. The van der Waals surface area contributed by atoms with E-state index in [4.69, 9.17) is 10.7 Å². The van der Waals surface area contributed by atoms with Crippen molar-refractivity contribution in [3.8, 4) is 0 Å². The van der Waals surface area contributed by atoms with Gasteiger partial charge in [-0.15, -0.1) is 0 Å². The lowest BCUT2D eigenvalue weighted by Gasteiger charge is -2.08. The summed E-state index contributed by atoms with van der Waals surface area (Å²) < 4.78 is 49.6. The molecule has 0 unspecified atom stereocenters. The van der Waals surface area contributed by atoms with Crippen molar-refractivity contribution in [1.29, 1.82) is 0 Å². The van der Waals surface area contributed by atoms with Gasteiger partial charge in [-0.1, -0.05) is 19.8 Å². The Bertz CT molecular complexity index is 605. The first-order valence-corrected chi connectivity index (χ1v) is 8.30. The second-order valence-corrected chi connectivity index (χ2v) is 6.67. The van der Waals surface area contributed by atoms with Gasteiger partial charge in [-0.05, 0) is 18.6 Å². The topological polar surface area (TPSA) is 63.2 Å². The maximum Gasteiger partial charge on any atom is 0.264 e. The van der Waals surface area contributed by atoms with Crippen LogP contribution in [0.2, 0.25) is 0 Å². The highest BCUT2D eigenvalue weighted by Crippen LogP contribution is 2.23. The number of hydrogen-bond acceptors (Lipinski definition) is 3. The van der Waals surface area contributed by atoms with E-state index < -0.39 is 37.1 Å². The molecule has 1 amide bonds. The fourth-order valence-corrected chi connectivity index (χ4v) is 2.50. The summed E-state index contributed by atoms with van der Waals surface area (Å²) in [6.07, 6.45) is 2.46. The molecule has 0 bridgehead atoms. The van der Waals surface area contributed by atoms with E-state index in [9.17, 15) is 22.0 Å². The predicted octanol–water partition coefficient (Wildman–Crippen LogP) is 2.81. The standard InChI is InChI=1S/C12H14ClF2NO3S/c1-2-3-4-7-16-12(17)10-8(14)5-6-9(11(10)15)20(13,18)19/h5-6H,2-4,7H2,1H3,(H,16,17). The first-order chi connectivity index (χ1) is 9.29. The Morgan fingerprint density at radius 3 is 2.50 bits per heavy atom. The molecular formula is C12H14ClF2NO3S. The predicted molar refractivity (Wildman–Crippen MR) is 71.3 cm³/mol. The number of amides is 1. The summed E-state index contributed by atoms with van der Waals surface area (Å²) in [5.74, 6) is -3.62. The zero-order valence-corrected chi connectivity index (χ0v) is 12.3. The molecule has 0 saturated heterocycles. The Morgan fingerprint density at radius 2 is 1.95 bits per heavy atom. The Balaban J connectivity index is 3.03. The fraction of sp³-hybridized carbons (Fsp3) is 0.417. The molecule has 8 heteroatoms. The second-order valence-electron chi connectivity index (χ2n) is 4.14. The zero-order valence-electron chi connectivity index (χ0n) is 10.8. The lowest BCUT2D eigenvalue weighted by molar-refractivity contribution is 0.0944. The lowest BCUT2D eigenvalue weighted by Crippen LogP contribution is -2.27. The number of carbonyl (C=O) groups is 1. The van der Waals surface area contributed by atoms with Crippen LogP contribution in [0.1, 0.15) is 36.5 Å². The van der Waals surface area contributed by atoms with E-state index in [0.717, 1.165) is 12.8 Å². The van der Waals surface area contributed by atoms with Crippen LogP contribution in [0.5, 0.6) is 0 Å². The van der Waals surface area contributed by atoms with Gasteiger partial charge in [0.05, 0.1) is 0 Å². The molecule has 0 aliphatic carbocycles. The molecule has 0 atom stereocenters. The van der Waals surface area contributed by atoms with Crippen molar-refractivity contribution < 1.29 is 22.0 Å². The minimum absolute atomic E-state index is 0.253. The summed E-state index contributed by atoms with van der Waals surface area (Å²) >= 11 is 0. The zero-order chi connectivity index (χ0) is 15.3. The summed E-state index contributed by atoms with van der Waals surface area (Å²) in [6.45, 7) is 2.22. The largest absolute Gasteiger partial charge is 0.352 e. The molecule has 1 N–H and O–H groups in total. The molecule has 20 heavy (non-hydrogen) atoms. The minimum Gasteiger partial charge on any atom is -0.352 e. The minimum atomic E-state index is -4.38. The van der Waals surface area contributed by atoms with E-state index in [0.29, 0.717) is 18.6 Å². The summed E-state index contributed by atoms with van der Waals surface area (Å²) in [4.78, 5) is 10.8. The van der Waals surface area contributed by atoms with Crippen LogP contribution in [0.15, 0.2) is 17.0 Å². The first-order valence-electron chi connectivity index (χ1n) is 6.00. The molecule has 1 aromatic rings. The molecule has 0 aliphatic rings. The van der Waals surface area contributed by atoms with E-state index in [1.165, 1.54) is 0 Å². The van der Waals surface area contributed by atoms with Gasteiger partial charge >= 0.3 is 0 Å². The lowest BCUT2D eigenvalue weighted by atomic mass is 10.1. The molecule has 1 aromatic carbocycles. The van der Waals surface area contributed by atoms with Crippen LogP contribution >= 0.6 is 10.7 Å². The number of hydrogen-bond donors (Lipinski definition) is 1. The Morgan fingerprint density at radius 1 is 1.30 bits per heavy atom. The SMILES string of the molecule is CCCCCNC(=O)c1c(F)ccc(S(=O)(=O)Cl)c1F. The molecule has 0 aromatic heterocycles. The van der Waals surface area contributed by atoms with Crippen LogP contribution < -0.4 is 5.32 Å². The highest BCUT2D eigenvalue weighted by Gasteiger charge is 2.25. The van der Waals surface area contributed by atoms with Gasteiger partial charge in [0.15, 0.2) is 5.82 Å². The third kappa shape index (κ3) is 4.14. The molecule has 112 valence electrons. The maximum absolute atomic E-state index is 13.9. The van der Waals surface area contributed by atoms with Crippen LogP contribution in [0.3, 0.4) is 0 Å². The molecule has 0 fully saturated rings. The summed E-state index contributed by atoms with van der Waals surface area (Å²) in [5, 5.41) is 2.34.